The molecule has 0 aromatic carbocycles. The second-order valence-electron chi connectivity index (χ2n) is 22.9. The zero-order valence-electron chi connectivity index (χ0n) is 49.5. The van der Waals surface area contributed by atoms with E-state index in [1.165, 1.54) is 141 Å². The number of carbonyl (C=O) groups is 1. The molecule has 474 valence electrons. The summed E-state index contributed by atoms with van der Waals surface area (Å²) in [6, 6.07) is -0.993. The lowest BCUT2D eigenvalue weighted by Gasteiger charge is -2.48. The Hall–Kier alpha value is -1.99. The normalized spacial score (nSPS) is 30.0. The molecule has 81 heavy (non-hydrogen) atoms. The molecule has 12 N–H and O–H groups in total. The van der Waals surface area contributed by atoms with Crippen LogP contribution in [0.3, 0.4) is 0 Å². The number of nitrogens with one attached hydrogen (secondary N) is 1. The van der Waals surface area contributed by atoms with Gasteiger partial charge in [-0.2, -0.15) is 0 Å². The number of unbranched alkanes of at least 4 members (excludes halogenated alkanes) is 27. The summed E-state index contributed by atoms with van der Waals surface area (Å²) in [7, 11) is 0. The van der Waals surface area contributed by atoms with Gasteiger partial charge in [-0.15, -0.1) is 0 Å². The van der Waals surface area contributed by atoms with Gasteiger partial charge in [0.15, 0.2) is 18.9 Å². The Kier molecular flexibility index (Phi) is 41.0. The molecule has 0 aliphatic carbocycles. The van der Waals surface area contributed by atoms with Gasteiger partial charge in [0.25, 0.3) is 0 Å². The summed E-state index contributed by atoms with van der Waals surface area (Å²) in [6.45, 7) is 1.70. The van der Waals surface area contributed by atoms with Crippen LogP contribution in [0, 0.1) is 0 Å². The zero-order valence-corrected chi connectivity index (χ0v) is 49.5. The molecule has 0 saturated carbocycles. The zero-order chi connectivity index (χ0) is 59.0. The first-order valence-electron chi connectivity index (χ1n) is 31.7. The van der Waals surface area contributed by atoms with Crippen molar-refractivity contribution in [2.24, 2.45) is 0 Å². The van der Waals surface area contributed by atoms with Crippen LogP contribution in [0.5, 0.6) is 0 Å². The number of aliphatic hydroxyl groups is 11. The van der Waals surface area contributed by atoms with Crippen molar-refractivity contribution in [3.05, 3.63) is 36.5 Å². The molecule has 3 saturated heterocycles. The van der Waals surface area contributed by atoms with Gasteiger partial charge in [-0.05, 0) is 44.9 Å². The van der Waals surface area contributed by atoms with Crippen LogP contribution < -0.4 is 5.32 Å². The highest BCUT2D eigenvalue weighted by molar-refractivity contribution is 5.76. The van der Waals surface area contributed by atoms with E-state index in [9.17, 15) is 61.0 Å². The molecule has 3 fully saturated rings. The standard InChI is InChI=1S/C62H113NO18/c1-3-5-7-9-11-13-15-17-19-21-23-25-27-29-31-33-35-37-39-46(67)45(63-50(68)40-38-36-34-32-30-28-26-24-22-20-18-16-14-12-10-8-6-4-2)44-76-60-56(74)53(71)58(48(42-65)78-60)81-62-57(75)54(72)59(49(43-66)79-62)80-61-55(73)52(70)51(69)47(41-64)77-61/h21,23,29,31,37,39,45-49,51-62,64-67,69-75H,3-20,22,24-28,30,32-36,38,40-44H2,1-2H3,(H,63,68)/b23-21+,31-29+,39-37+. The van der Waals surface area contributed by atoms with Gasteiger partial charge in [-0.25, -0.2) is 0 Å². The summed E-state index contributed by atoms with van der Waals surface area (Å²) in [5.41, 5.74) is 0. The van der Waals surface area contributed by atoms with E-state index >= 15 is 0 Å². The largest absolute Gasteiger partial charge is 0.394 e. The molecule has 0 spiro atoms. The summed E-state index contributed by atoms with van der Waals surface area (Å²) in [4.78, 5) is 13.3. The van der Waals surface area contributed by atoms with Crippen LogP contribution in [-0.4, -0.2) is 193 Å². The molecule has 0 aromatic heterocycles. The average molecular weight is 1160 g/mol. The number of allylic oxidation sites excluding steroid dienone is 5. The Morgan fingerprint density at radius 1 is 0.432 bits per heavy atom. The first kappa shape index (κ1) is 73.3. The lowest BCUT2D eigenvalue weighted by atomic mass is 9.96. The maximum absolute atomic E-state index is 13.3. The van der Waals surface area contributed by atoms with Gasteiger partial charge in [0.05, 0.1) is 38.6 Å². The minimum atomic E-state index is -1.98. The van der Waals surface area contributed by atoms with E-state index < -0.39 is 124 Å². The van der Waals surface area contributed by atoms with Crippen molar-refractivity contribution in [2.75, 3.05) is 26.4 Å². The third-order valence-electron chi connectivity index (χ3n) is 15.9. The maximum Gasteiger partial charge on any atom is 0.220 e. The minimum Gasteiger partial charge on any atom is -0.394 e. The van der Waals surface area contributed by atoms with Crippen molar-refractivity contribution in [3.8, 4) is 0 Å². The fourth-order valence-electron chi connectivity index (χ4n) is 10.7. The molecule has 3 heterocycles. The Bertz CT molecular complexity index is 1620. The van der Waals surface area contributed by atoms with Crippen molar-refractivity contribution >= 4 is 5.91 Å². The van der Waals surface area contributed by atoms with Gasteiger partial charge in [0.1, 0.15) is 73.2 Å². The van der Waals surface area contributed by atoms with Crippen LogP contribution in [0.1, 0.15) is 219 Å². The molecular weight excluding hydrogens is 1050 g/mol. The fraction of sp³-hybridized carbons (Fsp3) is 0.887. The molecule has 3 rings (SSSR count). The van der Waals surface area contributed by atoms with Crippen LogP contribution in [0.2, 0.25) is 0 Å². The van der Waals surface area contributed by atoms with Crippen molar-refractivity contribution in [1.82, 2.24) is 5.32 Å². The molecule has 3 aliphatic rings. The van der Waals surface area contributed by atoms with Crippen LogP contribution in [0.25, 0.3) is 0 Å². The smallest absolute Gasteiger partial charge is 0.220 e. The van der Waals surface area contributed by atoms with E-state index in [2.05, 4.69) is 43.5 Å². The number of carbonyl (C=O) groups excluding carboxylic acids is 1. The van der Waals surface area contributed by atoms with Crippen LogP contribution in [0.4, 0.5) is 0 Å². The minimum absolute atomic E-state index is 0.235. The van der Waals surface area contributed by atoms with E-state index in [4.69, 9.17) is 28.4 Å². The van der Waals surface area contributed by atoms with Gasteiger partial charge in [-0.3, -0.25) is 4.79 Å². The highest BCUT2D eigenvalue weighted by atomic mass is 16.8. The van der Waals surface area contributed by atoms with E-state index in [0.29, 0.717) is 12.8 Å². The summed E-state index contributed by atoms with van der Waals surface area (Å²) in [5.74, 6) is -0.288. The van der Waals surface area contributed by atoms with Crippen LogP contribution >= 0.6 is 0 Å². The van der Waals surface area contributed by atoms with Gasteiger partial charge in [0.2, 0.25) is 5.91 Å². The second kappa shape index (κ2) is 45.3. The van der Waals surface area contributed by atoms with Crippen molar-refractivity contribution in [3.63, 3.8) is 0 Å². The quantitative estimate of drug-likeness (QED) is 0.0229. The summed E-state index contributed by atoms with van der Waals surface area (Å²) in [5, 5.41) is 120. The first-order valence-corrected chi connectivity index (χ1v) is 31.7. The monoisotopic (exact) mass is 1160 g/mol. The SMILES string of the molecule is CCCCCCCCCC/C=C/CC/C=C/CC/C=C/C(O)C(COC1OC(CO)C(OC2OC(CO)C(OC3OC(CO)C(O)C(O)C3O)C(O)C2O)C(O)C1O)NC(=O)CCCCCCCCCCCCCCCCCCCC. The highest BCUT2D eigenvalue weighted by Gasteiger charge is 2.53. The lowest BCUT2D eigenvalue weighted by Crippen LogP contribution is -2.66. The molecule has 17 atom stereocenters. The predicted molar refractivity (Wildman–Crippen MR) is 309 cm³/mol. The van der Waals surface area contributed by atoms with Gasteiger partial charge >= 0.3 is 0 Å². The second-order valence-corrected chi connectivity index (χ2v) is 22.9. The number of hydrogen-bond acceptors (Lipinski definition) is 18. The number of amides is 1. The van der Waals surface area contributed by atoms with Crippen molar-refractivity contribution in [1.29, 1.82) is 0 Å². The molecule has 17 unspecified atom stereocenters. The van der Waals surface area contributed by atoms with E-state index in [0.717, 1.165) is 44.9 Å². The highest BCUT2D eigenvalue weighted by Crippen LogP contribution is 2.33. The topological polar surface area (TPSA) is 307 Å². The Balaban J connectivity index is 1.50. The molecule has 19 nitrogen and oxygen atoms in total. The Labute approximate surface area is 485 Å². The average Bonchev–Trinajstić information content (AvgIpc) is 3.48. The number of aliphatic hydroxyl groups excluding tert-OH is 11. The van der Waals surface area contributed by atoms with E-state index in [1.54, 1.807) is 6.08 Å². The molecular formula is C62H113NO18. The molecule has 0 aromatic rings. The van der Waals surface area contributed by atoms with Crippen molar-refractivity contribution < 1.29 is 89.4 Å². The molecule has 19 heteroatoms. The van der Waals surface area contributed by atoms with Crippen LogP contribution in [0.15, 0.2) is 36.5 Å². The maximum atomic E-state index is 13.3. The fourth-order valence-corrected chi connectivity index (χ4v) is 10.7. The van der Waals surface area contributed by atoms with Gasteiger partial charge in [-0.1, -0.05) is 204 Å². The van der Waals surface area contributed by atoms with E-state index in [1.807, 2.05) is 6.08 Å². The lowest BCUT2D eigenvalue weighted by molar-refractivity contribution is -0.379. The molecule has 0 radical (unpaired) electrons. The summed E-state index contributed by atoms with van der Waals surface area (Å²) >= 11 is 0. The third-order valence-corrected chi connectivity index (χ3v) is 15.9. The number of rotatable bonds is 47. The predicted octanol–water partition coefficient (Wildman–Crippen LogP) is 6.49. The Morgan fingerprint density at radius 2 is 0.790 bits per heavy atom. The number of ether oxygens (including phenoxy) is 6. The summed E-state index contributed by atoms with van der Waals surface area (Å²) < 4.78 is 34.3. The summed E-state index contributed by atoms with van der Waals surface area (Å²) in [6.07, 6.45) is 22.6. The van der Waals surface area contributed by atoms with Gasteiger partial charge < -0.3 is 89.9 Å². The van der Waals surface area contributed by atoms with Crippen LogP contribution in [-0.2, 0) is 33.2 Å². The Morgan fingerprint density at radius 3 is 1.23 bits per heavy atom. The van der Waals surface area contributed by atoms with Crippen molar-refractivity contribution in [2.45, 2.75) is 324 Å². The molecule has 0 bridgehead atoms. The molecule has 3 aliphatic heterocycles. The number of hydrogen-bond donors (Lipinski definition) is 12. The third kappa shape index (κ3) is 28.8. The van der Waals surface area contributed by atoms with Gasteiger partial charge in [0, 0.05) is 6.42 Å². The van der Waals surface area contributed by atoms with E-state index in [-0.39, 0.29) is 18.9 Å². The first-order chi connectivity index (χ1) is 39.3. The molecule has 1 amide bonds.